The van der Waals surface area contributed by atoms with Crippen molar-refractivity contribution < 1.29 is 19.4 Å². The number of aliphatic hydroxyl groups is 1. The summed E-state index contributed by atoms with van der Waals surface area (Å²) in [6, 6.07) is -0.0511. The number of nitrogens with one attached hydrogen (secondary N) is 2. The molecule has 1 unspecified atom stereocenters. The Morgan fingerprint density at radius 1 is 1.37 bits per heavy atom. The summed E-state index contributed by atoms with van der Waals surface area (Å²) in [6.45, 7) is 6.25. The van der Waals surface area contributed by atoms with Crippen LogP contribution in [0.5, 0.6) is 0 Å². The molecule has 8 heteroatoms. The van der Waals surface area contributed by atoms with Gasteiger partial charge in [-0.25, -0.2) is 4.79 Å². The van der Waals surface area contributed by atoms with E-state index in [2.05, 4.69) is 10.6 Å². The number of carbonyl (C=O) groups excluding carboxylic acids is 2. The number of nitrogens with zero attached hydrogens (tertiary/aromatic N) is 2. The number of hydrogen-bond acceptors (Lipinski definition) is 5. The summed E-state index contributed by atoms with van der Waals surface area (Å²) < 4.78 is 5.34. The zero-order chi connectivity index (χ0) is 21.4. The fraction of sp³-hybridized carbons (Fsp3) is 0.636. The van der Waals surface area contributed by atoms with Crippen molar-refractivity contribution in [3.8, 4) is 0 Å². The molecule has 164 valence electrons. The van der Waals surface area contributed by atoms with Crippen molar-refractivity contribution in [3.05, 3.63) is 35.8 Å². The van der Waals surface area contributed by atoms with Crippen molar-refractivity contribution >= 4 is 11.9 Å². The van der Waals surface area contributed by atoms with Crippen LogP contribution < -0.4 is 10.6 Å². The first kappa shape index (κ1) is 20.9. The molecule has 0 aromatic heterocycles. The van der Waals surface area contributed by atoms with E-state index in [0.29, 0.717) is 19.0 Å². The van der Waals surface area contributed by atoms with Gasteiger partial charge in [-0.2, -0.15) is 0 Å². The molecule has 4 rings (SSSR count). The fourth-order valence-corrected chi connectivity index (χ4v) is 4.59. The minimum absolute atomic E-state index is 0.0130. The second kappa shape index (κ2) is 8.07. The molecule has 1 saturated carbocycles. The molecule has 0 aromatic rings. The third kappa shape index (κ3) is 4.70. The van der Waals surface area contributed by atoms with Gasteiger partial charge in [0.2, 0.25) is 5.91 Å². The highest BCUT2D eigenvalue weighted by Crippen LogP contribution is 2.59. The highest BCUT2D eigenvalue weighted by Gasteiger charge is 2.54. The second-order valence-electron chi connectivity index (χ2n) is 9.52. The largest absolute Gasteiger partial charge is 0.388 e. The second-order valence-corrected chi connectivity index (χ2v) is 9.52. The summed E-state index contributed by atoms with van der Waals surface area (Å²) in [5.41, 5.74) is 1.55. The summed E-state index contributed by atoms with van der Waals surface area (Å²) in [5.74, 6) is 0.476. The van der Waals surface area contributed by atoms with Crippen LogP contribution in [0.15, 0.2) is 35.8 Å². The first-order valence-corrected chi connectivity index (χ1v) is 10.7. The van der Waals surface area contributed by atoms with Crippen LogP contribution in [0.1, 0.15) is 33.1 Å². The summed E-state index contributed by atoms with van der Waals surface area (Å²) in [6.07, 6.45) is 10.7. The summed E-state index contributed by atoms with van der Waals surface area (Å²) >= 11 is 0. The van der Waals surface area contributed by atoms with Crippen LogP contribution in [0.25, 0.3) is 0 Å². The van der Waals surface area contributed by atoms with Crippen LogP contribution in [-0.4, -0.2) is 71.8 Å². The van der Waals surface area contributed by atoms with Crippen molar-refractivity contribution in [1.82, 2.24) is 20.4 Å². The molecule has 1 saturated heterocycles. The van der Waals surface area contributed by atoms with Crippen LogP contribution in [0.4, 0.5) is 4.79 Å². The molecule has 3 N–H and O–H groups in total. The smallest absolute Gasteiger partial charge is 0.321 e. The fourth-order valence-electron chi connectivity index (χ4n) is 4.59. The van der Waals surface area contributed by atoms with E-state index in [9.17, 15) is 14.7 Å². The van der Waals surface area contributed by atoms with Crippen molar-refractivity contribution in [2.75, 3.05) is 39.4 Å². The molecule has 2 fully saturated rings. The number of carbonyl (C=O) groups is 2. The molecule has 0 aromatic carbocycles. The maximum atomic E-state index is 12.5. The Labute approximate surface area is 177 Å². The van der Waals surface area contributed by atoms with Gasteiger partial charge in [-0.05, 0) is 61.7 Å². The van der Waals surface area contributed by atoms with Gasteiger partial charge in [-0.1, -0.05) is 0 Å². The van der Waals surface area contributed by atoms with Crippen LogP contribution in [0.2, 0.25) is 0 Å². The third-order valence-electron chi connectivity index (χ3n) is 6.54. The normalized spacial score (nSPS) is 24.2. The molecule has 1 aliphatic carbocycles. The lowest BCUT2D eigenvalue weighted by Gasteiger charge is -2.33. The molecule has 4 aliphatic rings. The Kier molecular flexibility index (Phi) is 5.63. The highest BCUT2D eigenvalue weighted by molar-refractivity contribution is 5.78. The van der Waals surface area contributed by atoms with E-state index in [1.165, 1.54) is 0 Å². The molecule has 1 spiro atoms. The number of dihydropyridines is 1. The third-order valence-corrected chi connectivity index (χ3v) is 6.54. The van der Waals surface area contributed by atoms with Gasteiger partial charge in [0.25, 0.3) is 0 Å². The number of ether oxygens (including phenoxy) is 1. The highest BCUT2D eigenvalue weighted by atomic mass is 16.5. The SMILES string of the molecule is CC(C)(O)COCC(=O)N1CCC2(CC1)CC2CNC(=O)N1C=C2C=CNC=C2C1. The Balaban J connectivity index is 1.17. The van der Waals surface area contributed by atoms with Crippen LogP contribution >= 0.6 is 0 Å². The maximum Gasteiger partial charge on any atom is 0.321 e. The summed E-state index contributed by atoms with van der Waals surface area (Å²) in [7, 11) is 0. The van der Waals surface area contributed by atoms with Crippen molar-refractivity contribution in [2.45, 2.75) is 38.7 Å². The lowest BCUT2D eigenvalue weighted by atomic mass is 9.91. The van der Waals surface area contributed by atoms with Crippen molar-refractivity contribution in [1.29, 1.82) is 0 Å². The number of piperidine rings is 1. The monoisotopic (exact) mass is 416 g/mol. The minimum atomic E-state index is -0.925. The number of likely N-dealkylation sites (tertiary alicyclic amines) is 1. The van der Waals surface area contributed by atoms with E-state index in [4.69, 9.17) is 4.74 Å². The first-order chi connectivity index (χ1) is 14.3. The van der Waals surface area contributed by atoms with Crippen LogP contribution in [0, 0.1) is 11.3 Å². The molecule has 1 atom stereocenters. The van der Waals surface area contributed by atoms with E-state index in [1.807, 2.05) is 29.6 Å². The minimum Gasteiger partial charge on any atom is -0.388 e. The quantitative estimate of drug-likeness (QED) is 0.607. The van der Waals surface area contributed by atoms with Crippen molar-refractivity contribution in [3.63, 3.8) is 0 Å². The van der Waals surface area contributed by atoms with Crippen LogP contribution in [-0.2, 0) is 9.53 Å². The molecule has 3 amide bonds. The average molecular weight is 417 g/mol. The average Bonchev–Trinajstić information content (AvgIpc) is 3.18. The molecule has 8 nitrogen and oxygen atoms in total. The lowest BCUT2D eigenvalue weighted by molar-refractivity contribution is -0.140. The molecule has 0 radical (unpaired) electrons. The molecular weight excluding hydrogens is 384 g/mol. The van der Waals surface area contributed by atoms with Gasteiger partial charge < -0.3 is 25.4 Å². The van der Waals surface area contributed by atoms with E-state index < -0.39 is 5.60 Å². The van der Waals surface area contributed by atoms with E-state index in [-0.39, 0.29) is 30.6 Å². The van der Waals surface area contributed by atoms with Crippen molar-refractivity contribution in [2.24, 2.45) is 11.3 Å². The number of rotatable bonds is 6. The van der Waals surface area contributed by atoms with Gasteiger partial charge in [0.15, 0.2) is 0 Å². The van der Waals surface area contributed by atoms with Gasteiger partial charge in [0.1, 0.15) is 6.61 Å². The van der Waals surface area contributed by atoms with Gasteiger partial charge >= 0.3 is 6.03 Å². The number of fused-ring (bicyclic) bond motifs is 1. The van der Waals surface area contributed by atoms with E-state index in [0.717, 1.165) is 43.5 Å². The predicted molar refractivity (Wildman–Crippen MR) is 112 cm³/mol. The van der Waals surface area contributed by atoms with Crippen LogP contribution in [0.3, 0.4) is 0 Å². The van der Waals surface area contributed by atoms with E-state index >= 15 is 0 Å². The Bertz CT molecular complexity index is 787. The summed E-state index contributed by atoms with van der Waals surface area (Å²) in [4.78, 5) is 28.4. The summed E-state index contributed by atoms with van der Waals surface area (Å²) in [5, 5.41) is 15.8. The molecular formula is C22H32N4O4. The Morgan fingerprint density at radius 3 is 2.83 bits per heavy atom. The maximum absolute atomic E-state index is 12.5. The number of allylic oxidation sites excluding steroid dienone is 1. The Hall–Kier alpha value is -2.32. The zero-order valence-electron chi connectivity index (χ0n) is 17.8. The topological polar surface area (TPSA) is 94.1 Å². The first-order valence-electron chi connectivity index (χ1n) is 10.7. The van der Waals surface area contributed by atoms with Gasteiger partial charge in [-0.15, -0.1) is 0 Å². The van der Waals surface area contributed by atoms with Gasteiger partial charge in [-0.3, -0.25) is 9.69 Å². The Morgan fingerprint density at radius 2 is 2.13 bits per heavy atom. The number of hydrogen-bond donors (Lipinski definition) is 3. The number of urea groups is 1. The van der Waals surface area contributed by atoms with E-state index in [1.54, 1.807) is 18.7 Å². The number of amides is 3. The standard InChI is InChI=1S/C22H32N4O4/c1-21(2,29)15-30-14-19(27)25-7-4-22(5-8-25)9-18(22)11-24-20(28)26-12-16-3-6-23-10-17(16)13-26/h3,6,10,12,18,23,29H,4-5,7-9,11,13-15H2,1-2H3,(H,24,28). The molecule has 30 heavy (non-hydrogen) atoms. The molecule has 0 bridgehead atoms. The molecule has 3 heterocycles. The predicted octanol–water partition coefficient (Wildman–Crippen LogP) is 1.31. The molecule has 3 aliphatic heterocycles. The zero-order valence-corrected chi connectivity index (χ0v) is 17.8. The lowest BCUT2D eigenvalue weighted by Crippen LogP contribution is -2.43. The van der Waals surface area contributed by atoms with Gasteiger partial charge in [0.05, 0.1) is 18.8 Å². The van der Waals surface area contributed by atoms with Gasteiger partial charge in [0, 0.05) is 38.2 Å².